The van der Waals surface area contributed by atoms with Crippen LogP contribution in [0.25, 0.3) is 6.08 Å². The van der Waals surface area contributed by atoms with Crippen molar-refractivity contribution in [3.63, 3.8) is 0 Å². The number of nitrogens with two attached hydrogens (primary N) is 1. The molecule has 0 aliphatic heterocycles. The molecule has 0 heterocycles. The lowest BCUT2D eigenvalue weighted by Crippen LogP contribution is -2.43. The van der Waals surface area contributed by atoms with Gasteiger partial charge >= 0.3 is 0 Å². The first kappa shape index (κ1) is 13.0. The molecule has 4 heteroatoms. The van der Waals surface area contributed by atoms with Crippen molar-refractivity contribution >= 4 is 17.9 Å². The molecule has 1 aromatic rings. The van der Waals surface area contributed by atoms with E-state index in [0.717, 1.165) is 5.56 Å². The van der Waals surface area contributed by atoms with E-state index in [-0.39, 0.29) is 5.91 Å². The Balaban J connectivity index is 2.55. The largest absolute Gasteiger partial charge is 0.368 e. The van der Waals surface area contributed by atoms with E-state index in [1.54, 1.807) is 0 Å². The zero-order chi connectivity index (χ0) is 12.7. The lowest BCUT2D eigenvalue weighted by Gasteiger charge is -2.11. The minimum atomic E-state index is -0.646. The Morgan fingerprint density at radius 1 is 1.35 bits per heavy atom. The lowest BCUT2D eigenvalue weighted by atomic mass is 10.1. The van der Waals surface area contributed by atoms with Gasteiger partial charge in [-0.25, -0.2) is 0 Å². The van der Waals surface area contributed by atoms with Crippen molar-refractivity contribution < 1.29 is 9.59 Å². The maximum absolute atomic E-state index is 11.1. The first-order valence-corrected chi connectivity index (χ1v) is 5.37. The zero-order valence-corrected chi connectivity index (χ0v) is 9.72. The summed E-state index contributed by atoms with van der Waals surface area (Å²) in [6.07, 6.45) is 4.10. The summed E-state index contributed by atoms with van der Waals surface area (Å²) in [6.45, 7) is 1.36. The van der Waals surface area contributed by atoms with Crippen LogP contribution >= 0.6 is 0 Å². The number of primary amides is 1. The first-order valence-electron chi connectivity index (χ1n) is 5.37. The second kappa shape index (κ2) is 6.48. The summed E-state index contributed by atoms with van der Waals surface area (Å²) in [4.78, 5) is 21.9. The number of rotatable bonds is 5. The number of nitrogens with one attached hydrogen (secondary N) is 1. The minimum absolute atomic E-state index is 0.262. The molecular formula is C13H16N2O2. The van der Waals surface area contributed by atoms with Gasteiger partial charge in [-0.2, -0.15) is 0 Å². The smallest absolute Gasteiger partial charge is 0.240 e. The fourth-order valence-electron chi connectivity index (χ4n) is 1.40. The van der Waals surface area contributed by atoms with Crippen LogP contribution in [0.2, 0.25) is 0 Å². The standard InChI is InChI=1S/C13H16N2O2/c1-10(16)15-12(13(14)17)9-5-8-11-6-3-2-4-7-11/h2-8,12H,9H2,1H3,(H2,14,17)(H,15,16)/b8-5+/t12-/m1/s1. The molecule has 1 atom stereocenters. The molecule has 0 unspecified atom stereocenters. The van der Waals surface area contributed by atoms with E-state index in [9.17, 15) is 9.59 Å². The van der Waals surface area contributed by atoms with E-state index >= 15 is 0 Å². The number of carbonyl (C=O) groups excluding carboxylic acids is 2. The van der Waals surface area contributed by atoms with E-state index < -0.39 is 11.9 Å². The minimum Gasteiger partial charge on any atom is -0.368 e. The predicted octanol–water partition coefficient (Wildman–Crippen LogP) is 1.08. The molecule has 0 bridgehead atoms. The Kier molecular flexibility index (Phi) is 4.94. The summed E-state index contributed by atoms with van der Waals surface area (Å²) < 4.78 is 0. The molecule has 0 aliphatic carbocycles. The Bertz CT molecular complexity index is 413. The first-order chi connectivity index (χ1) is 8.09. The van der Waals surface area contributed by atoms with Crippen LogP contribution in [0, 0.1) is 0 Å². The normalized spacial score (nSPS) is 12.3. The summed E-state index contributed by atoms with van der Waals surface area (Å²) >= 11 is 0. The van der Waals surface area contributed by atoms with Crippen molar-refractivity contribution in [1.29, 1.82) is 0 Å². The number of hydrogen-bond acceptors (Lipinski definition) is 2. The highest BCUT2D eigenvalue weighted by Crippen LogP contribution is 2.03. The summed E-state index contributed by atoms with van der Waals surface area (Å²) in [5, 5.41) is 2.50. The highest BCUT2D eigenvalue weighted by atomic mass is 16.2. The third-order valence-electron chi connectivity index (χ3n) is 2.20. The van der Waals surface area contributed by atoms with E-state index in [1.165, 1.54) is 6.92 Å². The number of hydrogen-bond donors (Lipinski definition) is 2. The summed E-state index contributed by atoms with van der Waals surface area (Å²) in [5.41, 5.74) is 6.22. The van der Waals surface area contributed by atoms with Gasteiger partial charge in [-0.1, -0.05) is 42.5 Å². The van der Waals surface area contributed by atoms with E-state index in [2.05, 4.69) is 5.32 Å². The number of carbonyl (C=O) groups is 2. The third kappa shape index (κ3) is 4.97. The molecule has 0 spiro atoms. The van der Waals surface area contributed by atoms with Gasteiger partial charge in [0.2, 0.25) is 11.8 Å². The highest BCUT2D eigenvalue weighted by Gasteiger charge is 2.13. The molecule has 17 heavy (non-hydrogen) atoms. The quantitative estimate of drug-likeness (QED) is 0.797. The average Bonchev–Trinajstić information content (AvgIpc) is 2.28. The van der Waals surface area contributed by atoms with Gasteiger partial charge in [-0.15, -0.1) is 0 Å². The SMILES string of the molecule is CC(=O)N[C@H](C/C=C/c1ccccc1)C(N)=O. The molecule has 0 saturated heterocycles. The average molecular weight is 232 g/mol. The molecule has 0 saturated carbocycles. The summed E-state index contributed by atoms with van der Waals surface area (Å²) in [6, 6.07) is 9.05. The van der Waals surface area contributed by atoms with Crippen LogP contribution in [-0.4, -0.2) is 17.9 Å². The Labute approximate surface area is 101 Å². The Hall–Kier alpha value is -2.10. The van der Waals surface area contributed by atoms with Crippen LogP contribution in [-0.2, 0) is 9.59 Å². The molecule has 0 aliphatic rings. The van der Waals surface area contributed by atoms with Crippen molar-refractivity contribution in [2.75, 3.05) is 0 Å². The Morgan fingerprint density at radius 3 is 2.53 bits per heavy atom. The monoisotopic (exact) mass is 232 g/mol. The molecule has 0 fully saturated rings. The van der Waals surface area contributed by atoms with Crippen molar-refractivity contribution in [2.45, 2.75) is 19.4 Å². The molecular weight excluding hydrogens is 216 g/mol. The fraction of sp³-hybridized carbons (Fsp3) is 0.231. The zero-order valence-electron chi connectivity index (χ0n) is 9.72. The van der Waals surface area contributed by atoms with Gasteiger partial charge in [0.25, 0.3) is 0 Å². The van der Waals surface area contributed by atoms with Gasteiger partial charge in [0.15, 0.2) is 0 Å². The van der Waals surface area contributed by atoms with E-state index in [4.69, 9.17) is 5.73 Å². The molecule has 3 N–H and O–H groups in total. The second-order valence-electron chi connectivity index (χ2n) is 3.70. The van der Waals surface area contributed by atoms with Crippen molar-refractivity contribution in [3.05, 3.63) is 42.0 Å². The second-order valence-corrected chi connectivity index (χ2v) is 3.70. The molecule has 2 amide bonds. The van der Waals surface area contributed by atoms with Gasteiger partial charge in [0, 0.05) is 6.92 Å². The summed E-state index contributed by atoms with van der Waals surface area (Å²) in [7, 11) is 0. The van der Waals surface area contributed by atoms with Crippen LogP contribution in [0.1, 0.15) is 18.9 Å². The van der Waals surface area contributed by atoms with Gasteiger partial charge in [-0.05, 0) is 12.0 Å². The van der Waals surface area contributed by atoms with E-state index in [1.807, 2.05) is 42.5 Å². The van der Waals surface area contributed by atoms with Gasteiger partial charge in [-0.3, -0.25) is 9.59 Å². The third-order valence-corrected chi connectivity index (χ3v) is 2.20. The van der Waals surface area contributed by atoms with E-state index in [0.29, 0.717) is 6.42 Å². The van der Waals surface area contributed by atoms with Crippen molar-refractivity contribution in [1.82, 2.24) is 5.32 Å². The highest BCUT2D eigenvalue weighted by molar-refractivity contribution is 5.85. The molecule has 1 aromatic carbocycles. The molecule has 0 aromatic heterocycles. The van der Waals surface area contributed by atoms with Gasteiger partial charge in [0.1, 0.15) is 6.04 Å². The fourth-order valence-corrected chi connectivity index (χ4v) is 1.40. The Morgan fingerprint density at radius 2 is 2.00 bits per heavy atom. The lowest BCUT2D eigenvalue weighted by molar-refractivity contribution is -0.126. The maximum atomic E-state index is 11.1. The van der Waals surface area contributed by atoms with Crippen molar-refractivity contribution in [2.24, 2.45) is 5.73 Å². The predicted molar refractivity (Wildman–Crippen MR) is 66.9 cm³/mol. The maximum Gasteiger partial charge on any atom is 0.240 e. The van der Waals surface area contributed by atoms with Gasteiger partial charge < -0.3 is 11.1 Å². The van der Waals surface area contributed by atoms with Crippen LogP contribution in [0.5, 0.6) is 0 Å². The van der Waals surface area contributed by atoms with Gasteiger partial charge in [0.05, 0.1) is 0 Å². The van der Waals surface area contributed by atoms with Crippen molar-refractivity contribution in [3.8, 4) is 0 Å². The van der Waals surface area contributed by atoms with Crippen LogP contribution in [0.3, 0.4) is 0 Å². The summed E-state index contributed by atoms with van der Waals surface area (Å²) in [5.74, 6) is -0.792. The van der Waals surface area contributed by atoms with Crippen LogP contribution < -0.4 is 11.1 Å². The number of amides is 2. The molecule has 90 valence electrons. The molecule has 1 rings (SSSR count). The number of benzene rings is 1. The van der Waals surface area contributed by atoms with Crippen LogP contribution in [0.4, 0.5) is 0 Å². The molecule has 0 radical (unpaired) electrons. The topological polar surface area (TPSA) is 72.2 Å². The van der Waals surface area contributed by atoms with Crippen LogP contribution in [0.15, 0.2) is 36.4 Å². The molecule has 4 nitrogen and oxygen atoms in total.